The molecule has 0 bridgehead atoms. The molecule has 0 saturated carbocycles. The molecule has 4 aromatic rings. The molecule has 0 saturated heterocycles. The Morgan fingerprint density at radius 2 is 2.18 bits per heavy atom. The van der Waals surface area contributed by atoms with Gasteiger partial charge < -0.3 is 25.0 Å². The van der Waals surface area contributed by atoms with Crippen molar-refractivity contribution in [2.75, 3.05) is 17.6 Å². The van der Waals surface area contributed by atoms with Gasteiger partial charge in [-0.3, -0.25) is 9.79 Å². The van der Waals surface area contributed by atoms with Gasteiger partial charge in [-0.05, 0) is 38.5 Å². The second kappa shape index (κ2) is 9.39. The number of aliphatic imine (C=N–C) groups is 1. The zero-order valence-corrected chi connectivity index (χ0v) is 18.9. The van der Waals surface area contributed by atoms with Gasteiger partial charge in [-0.1, -0.05) is 0 Å². The lowest BCUT2D eigenvalue weighted by Crippen LogP contribution is -2.19. The van der Waals surface area contributed by atoms with Crippen molar-refractivity contribution in [3.8, 4) is 21.8 Å². The van der Waals surface area contributed by atoms with Gasteiger partial charge in [0.25, 0.3) is 5.91 Å². The minimum atomic E-state index is -0.800. The predicted molar refractivity (Wildman–Crippen MR) is 127 cm³/mol. The van der Waals surface area contributed by atoms with Crippen LogP contribution in [0.4, 0.5) is 11.4 Å². The first kappa shape index (κ1) is 22.4. The SMILES string of the molecule is CC(C)(O)CCN=Cc1cc(NC(=O)c2csc(-c3cocn3)n2)c(-c2ccoc2)cc1N. The van der Waals surface area contributed by atoms with Crippen LogP contribution in [0.2, 0.25) is 0 Å². The number of thiazole rings is 1. The van der Waals surface area contributed by atoms with Crippen LogP contribution >= 0.6 is 11.3 Å². The molecule has 0 aliphatic heterocycles. The summed E-state index contributed by atoms with van der Waals surface area (Å²) in [6.07, 6.45) is 8.06. The maximum Gasteiger partial charge on any atom is 0.275 e. The van der Waals surface area contributed by atoms with E-state index in [1.807, 2.05) is 0 Å². The van der Waals surface area contributed by atoms with Crippen molar-refractivity contribution in [2.45, 2.75) is 25.9 Å². The average Bonchev–Trinajstić information content (AvgIpc) is 3.54. The molecule has 4 N–H and O–H groups in total. The number of oxazole rings is 1. The van der Waals surface area contributed by atoms with Gasteiger partial charge in [0.1, 0.15) is 22.7 Å². The Balaban J connectivity index is 1.61. The van der Waals surface area contributed by atoms with E-state index in [-0.39, 0.29) is 11.6 Å². The van der Waals surface area contributed by atoms with E-state index in [4.69, 9.17) is 14.6 Å². The lowest BCUT2D eigenvalue weighted by Gasteiger charge is -2.15. The van der Waals surface area contributed by atoms with Crippen LogP contribution in [-0.2, 0) is 0 Å². The third-order valence-electron chi connectivity index (χ3n) is 4.77. The van der Waals surface area contributed by atoms with Crippen molar-refractivity contribution in [3.05, 3.63) is 60.0 Å². The number of rotatable bonds is 8. The number of hydrogen-bond donors (Lipinski definition) is 3. The molecule has 0 aliphatic carbocycles. The zero-order valence-electron chi connectivity index (χ0n) is 18.1. The van der Waals surface area contributed by atoms with E-state index in [1.54, 1.807) is 56.2 Å². The topological polar surface area (TPSA) is 140 Å². The Morgan fingerprint density at radius 3 is 2.88 bits per heavy atom. The van der Waals surface area contributed by atoms with E-state index in [9.17, 15) is 9.90 Å². The van der Waals surface area contributed by atoms with Crippen molar-refractivity contribution in [1.29, 1.82) is 0 Å². The summed E-state index contributed by atoms with van der Waals surface area (Å²) in [5.74, 6) is -0.375. The van der Waals surface area contributed by atoms with Crippen LogP contribution in [0.5, 0.6) is 0 Å². The lowest BCUT2D eigenvalue weighted by molar-refractivity contribution is 0.0739. The molecular weight excluding hydrogens is 442 g/mol. The summed E-state index contributed by atoms with van der Waals surface area (Å²) in [7, 11) is 0. The Bertz CT molecular complexity index is 1250. The van der Waals surface area contributed by atoms with E-state index >= 15 is 0 Å². The third-order valence-corrected chi connectivity index (χ3v) is 5.64. The lowest BCUT2D eigenvalue weighted by atomic mass is 10.0. The van der Waals surface area contributed by atoms with Crippen LogP contribution in [0.3, 0.4) is 0 Å². The Hall–Kier alpha value is -3.76. The quantitative estimate of drug-likeness (QED) is 0.257. The Morgan fingerprint density at radius 1 is 1.33 bits per heavy atom. The monoisotopic (exact) mass is 465 g/mol. The molecule has 33 heavy (non-hydrogen) atoms. The highest BCUT2D eigenvalue weighted by Crippen LogP contribution is 2.33. The number of benzene rings is 1. The fraction of sp³-hybridized carbons (Fsp3) is 0.217. The van der Waals surface area contributed by atoms with Crippen LogP contribution in [0.25, 0.3) is 21.8 Å². The van der Waals surface area contributed by atoms with Gasteiger partial charge in [0.2, 0.25) is 0 Å². The highest BCUT2D eigenvalue weighted by atomic mass is 32.1. The summed E-state index contributed by atoms with van der Waals surface area (Å²) in [6.45, 7) is 3.91. The molecule has 0 aliphatic rings. The van der Waals surface area contributed by atoms with Gasteiger partial charge in [-0.15, -0.1) is 11.3 Å². The van der Waals surface area contributed by atoms with E-state index < -0.39 is 5.60 Å². The van der Waals surface area contributed by atoms with E-state index in [0.29, 0.717) is 46.2 Å². The zero-order chi connectivity index (χ0) is 23.4. The van der Waals surface area contributed by atoms with E-state index in [0.717, 1.165) is 5.56 Å². The number of furan rings is 1. The van der Waals surface area contributed by atoms with Crippen LogP contribution < -0.4 is 11.1 Å². The van der Waals surface area contributed by atoms with Gasteiger partial charge >= 0.3 is 0 Å². The predicted octanol–water partition coefficient (Wildman–Crippen LogP) is 4.47. The molecule has 170 valence electrons. The second-order valence-corrected chi connectivity index (χ2v) is 8.86. The fourth-order valence-electron chi connectivity index (χ4n) is 3.01. The third kappa shape index (κ3) is 5.54. The summed E-state index contributed by atoms with van der Waals surface area (Å²) < 4.78 is 10.2. The summed E-state index contributed by atoms with van der Waals surface area (Å²) in [6, 6.07) is 5.31. The molecule has 9 nitrogen and oxygen atoms in total. The molecule has 4 rings (SSSR count). The number of anilines is 2. The molecule has 1 amide bonds. The van der Waals surface area contributed by atoms with E-state index in [2.05, 4.69) is 20.3 Å². The first-order valence-corrected chi connectivity index (χ1v) is 11.0. The molecule has 0 spiro atoms. The highest BCUT2D eigenvalue weighted by Gasteiger charge is 2.17. The molecule has 0 atom stereocenters. The molecule has 3 heterocycles. The minimum absolute atomic E-state index is 0.258. The van der Waals surface area contributed by atoms with Crippen LogP contribution in [0, 0.1) is 0 Å². The number of carbonyl (C=O) groups excluding carboxylic acids is 1. The van der Waals surface area contributed by atoms with Crippen molar-refractivity contribution in [1.82, 2.24) is 9.97 Å². The van der Waals surface area contributed by atoms with Crippen LogP contribution in [0.1, 0.15) is 36.3 Å². The van der Waals surface area contributed by atoms with Crippen molar-refractivity contribution < 1.29 is 18.7 Å². The maximum absolute atomic E-state index is 13.0. The number of amides is 1. The molecule has 3 aromatic heterocycles. The van der Waals surface area contributed by atoms with Crippen LogP contribution in [0.15, 0.2) is 62.6 Å². The summed E-state index contributed by atoms with van der Waals surface area (Å²) in [5.41, 5.74) is 9.43. The van der Waals surface area contributed by atoms with Gasteiger partial charge in [0, 0.05) is 46.2 Å². The molecule has 0 fully saturated rings. The number of nitrogen functional groups attached to an aromatic ring is 1. The molecule has 0 radical (unpaired) electrons. The molecule has 1 aromatic carbocycles. The van der Waals surface area contributed by atoms with Crippen LogP contribution in [-0.4, -0.2) is 39.3 Å². The van der Waals surface area contributed by atoms with Gasteiger partial charge in [-0.25, -0.2) is 9.97 Å². The standard InChI is InChI=1S/C23H23N5O4S/c1-23(2,30)4-5-25-9-15-7-18(16(8-17(15)24)14-3-6-31-10-14)27-21(29)20-12-33-22(28-20)19-11-32-13-26-19/h3,6-13,30H,4-5,24H2,1-2H3,(H,27,29). The average molecular weight is 466 g/mol. The first-order chi connectivity index (χ1) is 15.8. The Labute approximate surface area is 194 Å². The van der Waals surface area contributed by atoms with Gasteiger partial charge in [-0.2, -0.15) is 0 Å². The number of hydrogen-bond acceptors (Lipinski definition) is 9. The highest BCUT2D eigenvalue weighted by molar-refractivity contribution is 7.13. The smallest absolute Gasteiger partial charge is 0.275 e. The fourth-order valence-corrected chi connectivity index (χ4v) is 3.76. The number of aromatic nitrogens is 2. The molecule has 0 unspecified atom stereocenters. The van der Waals surface area contributed by atoms with Gasteiger partial charge in [0.05, 0.1) is 18.1 Å². The maximum atomic E-state index is 13.0. The normalized spacial score (nSPS) is 11.8. The summed E-state index contributed by atoms with van der Waals surface area (Å²) >= 11 is 1.30. The number of nitrogens with zero attached hydrogens (tertiary/aromatic N) is 3. The minimum Gasteiger partial charge on any atom is -0.472 e. The van der Waals surface area contributed by atoms with Crippen molar-refractivity contribution >= 4 is 34.8 Å². The van der Waals surface area contributed by atoms with E-state index in [1.165, 1.54) is 24.0 Å². The summed E-state index contributed by atoms with van der Waals surface area (Å²) in [5, 5.41) is 15.0. The van der Waals surface area contributed by atoms with Crippen molar-refractivity contribution in [3.63, 3.8) is 0 Å². The Kier molecular flexibility index (Phi) is 6.38. The number of aliphatic hydroxyl groups is 1. The second-order valence-electron chi connectivity index (χ2n) is 8.00. The number of nitrogens with two attached hydrogens (primary N) is 1. The molecule has 10 heteroatoms. The molecular formula is C23H23N5O4S. The first-order valence-electron chi connectivity index (χ1n) is 10.1. The van der Waals surface area contributed by atoms with Crippen molar-refractivity contribution in [2.24, 2.45) is 4.99 Å². The number of nitrogens with one attached hydrogen (secondary N) is 1. The summed E-state index contributed by atoms with van der Waals surface area (Å²) in [4.78, 5) is 25.7. The number of carbonyl (C=O) groups is 1. The largest absolute Gasteiger partial charge is 0.472 e. The van der Waals surface area contributed by atoms with Gasteiger partial charge in [0.15, 0.2) is 6.39 Å².